The summed E-state index contributed by atoms with van der Waals surface area (Å²) in [4.78, 5) is 28.5. The molecule has 0 bridgehead atoms. The van der Waals surface area contributed by atoms with E-state index >= 15 is 0 Å². The van der Waals surface area contributed by atoms with E-state index in [0.717, 1.165) is 6.54 Å². The molecule has 2 atom stereocenters. The standard InChI is InChI=1S/C12H23N3O3/c1-9-10(11(16)17)5-6-15(9)12(18)14(4)8-7-13(2)3/h9-10H,5-8H2,1-4H3,(H,16,17). The van der Waals surface area contributed by atoms with E-state index in [1.54, 1.807) is 16.8 Å². The summed E-state index contributed by atoms with van der Waals surface area (Å²) in [5, 5.41) is 9.04. The number of amides is 2. The second-order valence-corrected chi connectivity index (χ2v) is 5.17. The fourth-order valence-electron chi connectivity index (χ4n) is 2.20. The number of nitrogens with zero attached hydrogens (tertiary/aromatic N) is 3. The molecule has 0 saturated carbocycles. The molecule has 1 heterocycles. The van der Waals surface area contributed by atoms with Gasteiger partial charge in [-0.3, -0.25) is 4.79 Å². The van der Waals surface area contributed by atoms with Crippen LogP contribution in [-0.2, 0) is 4.79 Å². The minimum absolute atomic E-state index is 0.0758. The van der Waals surface area contributed by atoms with Gasteiger partial charge in [0.15, 0.2) is 0 Å². The average molecular weight is 257 g/mol. The molecular formula is C12H23N3O3. The van der Waals surface area contributed by atoms with Crippen molar-refractivity contribution < 1.29 is 14.7 Å². The molecule has 2 amide bonds. The molecule has 6 heteroatoms. The highest BCUT2D eigenvalue weighted by atomic mass is 16.4. The predicted octanol–water partition coefficient (Wildman–Crippen LogP) is 0.395. The second kappa shape index (κ2) is 6.04. The van der Waals surface area contributed by atoms with Crippen LogP contribution in [-0.4, -0.2) is 78.6 Å². The van der Waals surface area contributed by atoms with Crippen LogP contribution in [0.2, 0.25) is 0 Å². The summed E-state index contributed by atoms with van der Waals surface area (Å²) in [6.45, 7) is 3.78. The number of aliphatic carboxylic acids is 1. The Kier molecular flexibility index (Phi) is 4.95. The number of likely N-dealkylation sites (tertiary alicyclic amines) is 1. The van der Waals surface area contributed by atoms with Crippen molar-refractivity contribution >= 4 is 12.0 Å². The molecule has 1 aliphatic rings. The maximum absolute atomic E-state index is 12.2. The van der Waals surface area contributed by atoms with E-state index in [9.17, 15) is 9.59 Å². The third-order valence-corrected chi connectivity index (χ3v) is 3.53. The van der Waals surface area contributed by atoms with Crippen molar-refractivity contribution in [2.45, 2.75) is 19.4 Å². The van der Waals surface area contributed by atoms with Crippen molar-refractivity contribution in [2.24, 2.45) is 5.92 Å². The molecule has 0 aliphatic carbocycles. The van der Waals surface area contributed by atoms with Crippen LogP contribution < -0.4 is 0 Å². The van der Waals surface area contributed by atoms with E-state index in [0.29, 0.717) is 19.5 Å². The van der Waals surface area contributed by atoms with Gasteiger partial charge in [-0.2, -0.15) is 0 Å². The topological polar surface area (TPSA) is 64.1 Å². The number of carboxylic acids is 1. The Bertz CT molecular complexity index is 320. The number of likely N-dealkylation sites (N-methyl/N-ethyl adjacent to an activating group) is 2. The van der Waals surface area contributed by atoms with E-state index in [-0.39, 0.29) is 12.1 Å². The Hall–Kier alpha value is -1.30. The van der Waals surface area contributed by atoms with Crippen molar-refractivity contribution in [2.75, 3.05) is 40.8 Å². The van der Waals surface area contributed by atoms with Crippen molar-refractivity contribution in [3.8, 4) is 0 Å². The zero-order chi connectivity index (χ0) is 13.9. The molecule has 1 N–H and O–H groups in total. The zero-order valence-corrected chi connectivity index (χ0v) is 11.6. The van der Waals surface area contributed by atoms with Crippen molar-refractivity contribution in [1.82, 2.24) is 14.7 Å². The Balaban J connectivity index is 2.55. The molecule has 0 aromatic carbocycles. The summed E-state index contributed by atoms with van der Waals surface area (Å²) in [7, 11) is 5.67. The second-order valence-electron chi connectivity index (χ2n) is 5.17. The number of hydrogen-bond acceptors (Lipinski definition) is 3. The smallest absolute Gasteiger partial charge is 0.320 e. The van der Waals surface area contributed by atoms with Crippen LogP contribution in [0.4, 0.5) is 4.79 Å². The van der Waals surface area contributed by atoms with Crippen LogP contribution in [0.1, 0.15) is 13.3 Å². The molecule has 0 aromatic rings. The van der Waals surface area contributed by atoms with Crippen LogP contribution in [0.15, 0.2) is 0 Å². The van der Waals surface area contributed by atoms with Gasteiger partial charge in [0.05, 0.1) is 5.92 Å². The lowest BCUT2D eigenvalue weighted by Crippen LogP contribution is -2.46. The Morgan fingerprint density at radius 1 is 1.28 bits per heavy atom. The molecular weight excluding hydrogens is 234 g/mol. The van der Waals surface area contributed by atoms with Gasteiger partial charge in [0.25, 0.3) is 0 Å². The number of carbonyl (C=O) groups excluding carboxylic acids is 1. The number of carboxylic acid groups (broad SMARTS) is 1. The highest BCUT2D eigenvalue weighted by Crippen LogP contribution is 2.25. The molecule has 0 spiro atoms. The van der Waals surface area contributed by atoms with Gasteiger partial charge in [-0.15, -0.1) is 0 Å². The average Bonchev–Trinajstić information content (AvgIpc) is 2.66. The lowest BCUT2D eigenvalue weighted by Gasteiger charge is -2.29. The maximum Gasteiger partial charge on any atom is 0.320 e. The van der Waals surface area contributed by atoms with Gasteiger partial charge in [0, 0.05) is 32.7 Å². The molecule has 6 nitrogen and oxygen atoms in total. The first-order chi connectivity index (χ1) is 8.34. The highest BCUT2D eigenvalue weighted by Gasteiger charge is 2.38. The molecule has 1 fully saturated rings. The van der Waals surface area contributed by atoms with Crippen LogP contribution in [0.3, 0.4) is 0 Å². The van der Waals surface area contributed by atoms with Gasteiger partial charge in [0.2, 0.25) is 0 Å². The van der Waals surface area contributed by atoms with E-state index in [4.69, 9.17) is 5.11 Å². The first-order valence-corrected chi connectivity index (χ1v) is 6.24. The van der Waals surface area contributed by atoms with Gasteiger partial charge in [-0.25, -0.2) is 4.79 Å². The predicted molar refractivity (Wildman–Crippen MR) is 68.5 cm³/mol. The number of hydrogen-bond donors (Lipinski definition) is 1. The first-order valence-electron chi connectivity index (χ1n) is 6.24. The van der Waals surface area contributed by atoms with Crippen molar-refractivity contribution in [3.63, 3.8) is 0 Å². The van der Waals surface area contributed by atoms with Crippen LogP contribution in [0.5, 0.6) is 0 Å². The molecule has 0 aromatic heterocycles. The Labute approximate surface area is 108 Å². The van der Waals surface area contributed by atoms with Gasteiger partial charge in [-0.1, -0.05) is 0 Å². The largest absolute Gasteiger partial charge is 0.481 e. The molecule has 18 heavy (non-hydrogen) atoms. The SMILES string of the molecule is CC1C(C(=O)O)CCN1C(=O)N(C)CCN(C)C. The monoisotopic (exact) mass is 257 g/mol. The third kappa shape index (κ3) is 3.35. The van der Waals surface area contributed by atoms with Gasteiger partial charge < -0.3 is 19.8 Å². The molecule has 1 saturated heterocycles. The normalized spacial score (nSPS) is 23.5. The zero-order valence-electron chi connectivity index (χ0n) is 11.6. The molecule has 104 valence electrons. The molecule has 0 radical (unpaired) electrons. The molecule has 1 aliphatic heterocycles. The van der Waals surface area contributed by atoms with Crippen LogP contribution in [0, 0.1) is 5.92 Å². The summed E-state index contributed by atoms with van der Waals surface area (Å²) < 4.78 is 0. The minimum atomic E-state index is -0.811. The summed E-state index contributed by atoms with van der Waals surface area (Å²) in [5.41, 5.74) is 0. The van der Waals surface area contributed by atoms with Gasteiger partial charge >= 0.3 is 12.0 Å². The fourth-order valence-corrected chi connectivity index (χ4v) is 2.20. The summed E-state index contributed by atoms with van der Waals surface area (Å²) in [6, 6.07) is -0.301. The van der Waals surface area contributed by atoms with Gasteiger partial charge in [-0.05, 0) is 27.4 Å². The van der Waals surface area contributed by atoms with Crippen LogP contribution in [0.25, 0.3) is 0 Å². The van der Waals surface area contributed by atoms with Gasteiger partial charge in [0.1, 0.15) is 0 Å². The van der Waals surface area contributed by atoms with Crippen molar-refractivity contribution in [3.05, 3.63) is 0 Å². The van der Waals surface area contributed by atoms with Crippen LogP contribution >= 0.6 is 0 Å². The third-order valence-electron chi connectivity index (χ3n) is 3.53. The lowest BCUT2D eigenvalue weighted by molar-refractivity contribution is -0.142. The van der Waals surface area contributed by atoms with Crippen molar-refractivity contribution in [1.29, 1.82) is 0 Å². The number of urea groups is 1. The number of carbonyl (C=O) groups is 2. The summed E-state index contributed by atoms with van der Waals surface area (Å²) in [6.07, 6.45) is 0.545. The van der Waals surface area contributed by atoms with E-state index in [2.05, 4.69) is 0 Å². The molecule has 1 rings (SSSR count). The fraction of sp³-hybridized carbons (Fsp3) is 0.833. The minimum Gasteiger partial charge on any atom is -0.481 e. The quantitative estimate of drug-likeness (QED) is 0.791. The van der Waals surface area contributed by atoms with E-state index in [1.807, 2.05) is 25.9 Å². The Morgan fingerprint density at radius 2 is 1.89 bits per heavy atom. The Morgan fingerprint density at radius 3 is 2.33 bits per heavy atom. The highest BCUT2D eigenvalue weighted by molar-refractivity contribution is 5.78. The summed E-state index contributed by atoms with van der Waals surface area (Å²) >= 11 is 0. The van der Waals surface area contributed by atoms with E-state index in [1.165, 1.54) is 0 Å². The number of rotatable bonds is 4. The summed E-state index contributed by atoms with van der Waals surface area (Å²) in [5.74, 6) is -1.25. The van der Waals surface area contributed by atoms with E-state index < -0.39 is 11.9 Å². The maximum atomic E-state index is 12.2. The lowest BCUT2D eigenvalue weighted by atomic mass is 10.0. The molecule has 2 unspecified atom stereocenters. The first kappa shape index (κ1) is 14.8.